The van der Waals surface area contributed by atoms with Crippen LogP contribution in [0.4, 0.5) is 4.79 Å². The van der Waals surface area contributed by atoms with Crippen LogP contribution in [0.1, 0.15) is 23.3 Å². The number of carbonyl (C=O) groups is 1. The van der Waals surface area contributed by atoms with Crippen molar-refractivity contribution in [3.05, 3.63) is 47.1 Å². The standard InChI is InChI=1S/C16H18N4O3S/c1-11-2-3-13(23-11)14-10-19(4-6-22-14)15(21)17-8-12-9-20-5-7-24-16(20)18-12/h2-3,5,7,9,14H,4,6,8,10H2,1H3,(H,17,21). The molecule has 0 bridgehead atoms. The Bertz CT molecular complexity index is 824. The second kappa shape index (κ2) is 6.29. The van der Waals surface area contributed by atoms with E-state index in [1.807, 2.05) is 41.2 Å². The molecule has 0 spiro atoms. The first-order valence-corrected chi connectivity index (χ1v) is 8.69. The van der Waals surface area contributed by atoms with Crippen molar-refractivity contribution >= 4 is 22.3 Å². The highest BCUT2D eigenvalue weighted by Gasteiger charge is 2.27. The number of ether oxygens (including phenoxy) is 1. The first-order chi connectivity index (χ1) is 11.7. The minimum Gasteiger partial charge on any atom is -0.464 e. The third-order valence-electron chi connectivity index (χ3n) is 4.00. The number of nitrogens with one attached hydrogen (secondary N) is 1. The van der Waals surface area contributed by atoms with Gasteiger partial charge in [-0.25, -0.2) is 9.78 Å². The molecule has 24 heavy (non-hydrogen) atoms. The molecule has 1 fully saturated rings. The zero-order valence-electron chi connectivity index (χ0n) is 13.3. The van der Waals surface area contributed by atoms with Crippen molar-refractivity contribution in [2.24, 2.45) is 0 Å². The van der Waals surface area contributed by atoms with Gasteiger partial charge in [0.15, 0.2) is 4.96 Å². The summed E-state index contributed by atoms with van der Waals surface area (Å²) in [4.78, 5) is 19.6. The van der Waals surface area contributed by atoms with Gasteiger partial charge in [-0.1, -0.05) is 0 Å². The molecular weight excluding hydrogens is 328 g/mol. The highest BCUT2D eigenvalue weighted by molar-refractivity contribution is 7.15. The van der Waals surface area contributed by atoms with E-state index in [0.29, 0.717) is 26.2 Å². The molecule has 1 unspecified atom stereocenters. The quantitative estimate of drug-likeness (QED) is 0.791. The number of hydrogen-bond acceptors (Lipinski definition) is 5. The van der Waals surface area contributed by atoms with Crippen LogP contribution in [-0.2, 0) is 11.3 Å². The molecule has 4 heterocycles. The lowest BCUT2D eigenvalue weighted by molar-refractivity contribution is -0.0263. The van der Waals surface area contributed by atoms with Crippen LogP contribution in [0.15, 0.2) is 34.3 Å². The zero-order chi connectivity index (χ0) is 16.5. The first-order valence-electron chi connectivity index (χ1n) is 7.81. The molecule has 0 radical (unpaired) electrons. The Hall–Kier alpha value is -2.32. The topological polar surface area (TPSA) is 72.0 Å². The van der Waals surface area contributed by atoms with Gasteiger partial charge in [-0.15, -0.1) is 11.3 Å². The summed E-state index contributed by atoms with van der Waals surface area (Å²) in [6.07, 6.45) is 3.67. The summed E-state index contributed by atoms with van der Waals surface area (Å²) in [6, 6.07) is 3.70. The van der Waals surface area contributed by atoms with E-state index in [0.717, 1.165) is 22.2 Å². The van der Waals surface area contributed by atoms with Crippen LogP contribution in [0.25, 0.3) is 4.96 Å². The number of urea groups is 1. The molecule has 3 aromatic rings. The number of morpholine rings is 1. The van der Waals surface area contributed by atoms with Gasteiger partial charge in [-0.05, 0) is 19.1 Å². The SMILES string of the molecule is Cc1ccc(C2CN(C(=O)NCc3cn4ccsc4n3)CCO2)o1. The molecular formula is C16H18N4O3S. The van der Waals surface area contributed by atoms with E-state index in [9.17, 15) is 4.79 Å². The Morgan fingerprint density at radius 3 is 3.21 bits per heavy atom. The van der Waals surface area contributed by atoms with Crippen LogP contribution in [0.5, 0.6) is 0 Å². The molecule has 1 atom stereocenters. The van der Waals surface area contributed by atoms with Crippen molar-refractivity contribution in [2.45, 2.75) is 19.6 Å². The molecule has 1 aliphatic rings. The molecule has 8 heteroatoms. The van der Waals surface area contributed by atoms with E-state index in [1.54, 1.807) is 16.2 Å². The normalized spacial score (nSPS) is 18.2. The van der Waals surface area contributed by atoms with Crippen LogP contribution in [-0.4, -0.2) is 40.0 Å². The maximum atomic E-state index is 12.4. The molecule has 0 aromatic carbocycles. The smallest absolute Gasteiger partial charge is 0.317 e. The van der Waals surface area contributed by atoms with Gasteiger partial charge in [0.25, 0.3) is 0 Å². The van der Waals surface area contributed by atoms with Crippen molar-refractivity contribution < 1.29 is 13.9 Å². The minimum atomic E-state index is -0.212. The van der Waals surface area contributed by atoms with E-state index in [2.05, 4.69) is 10.3 Å². The summed E-state index contributed by atoms with van der Waals surface area (Å²) in [5, 5.41) is 4.91. The van der Waals surface area contributed by atoms with Crippen molar-refractivity contribution in [1.29, 1.82) is 0 Å². The number of aromatic nitrogens is 2. The lowest BCUT2D eigenvalue weighted by atomic mass is 10.2. The van der Waals surface area contributed by atoms with Crippen LogP contribution in [0.3, 0.4) is 0 Å². The Labute approximate surface area is 142 Å². The third kappa shape index (κ3) is 3.02. The predicted octanol–water partition coefficient (Wildman–Crippen LogP) is 2.58. The molecule has 0 aliphatic carbocycles. The number of imidazole rings is 1. The fourth-order valence-corrected chi connectivity index (χ4v) is 3.49. The van der Waals surface area contributed by atoms with Crippen LogP contribution < -0.4 is 5.32 Å². The maximum absolute atomic E-state index is 12.4. The van der Waals surface area contributed by atoms with E-state index in [4.69, 9.17) is 9.15 Å². The van der Waals surface area contributed by atoms with Crippen LogP contribution in [0, 0.1) is 6.92 Å². The van der Waals surface area contributed by atoms with Crippen molar-refractivity contribution in [1.82, 2.24) is 19.6 Å². The Morgan fingerprint density at radius 1 is 1.50 bits per heavy atom. The molecule has 126 valence electrons. The predicted molar refractivity (Wildman–Crippen MR) is 89.0 cm³/mol. The summed E-state index contributed by atoms with van der Waals surface area (Å²) in [6.45, 7) is 3.86. The van der Waals surface area contributed by atoms with E-state index in [-0.39, 0.29) is 12.1 Å². The Kier molecular flexibility index (Phi) is 3.99. The number of hydrogen-bond donors (Lipinski definition) is 1. The first kappa shape index (κ1) is 15.2. The number of aryl methyl sites for hydroxylation is 1. The molecule has 1 aliphatic heterocycles. The highest BCUT2D eigenvalue weighted by Crippen LogP contribution is 2.24. The molecule has 1 N–H and O–H groups in total. The van der Waals surface area contributed by atoms with Crippen molar-refractivity contribution in [2.75, 3.05) is 19.7 Å². The van der Waals surface area contributed by atoms with Gasteiger partial charge < -0.3 is 19.4 Å². The zero-order valence-corrected chi connectivity index (χ0v) is 14.1. The van der Waals surface area contributed by atoms with Gasteiger partial charge in [-0.2, -0.15) is 0 Å². The van der Waals surface area contributed by atoms with Gasteiger partial charge in [0.2, 0.25) is 0 Å². The number of nitrogens with zero attached hydrogens (tertiary/aromatic N) is 3. The van der Waals surface area contributed by atoms with Crippen LogP contribution in [0.2, 0.25) is 0 Å². The maximum Gasteiger partial charge on any atom is 0.317 e. The summed E-state index contributed by atoms with van der Waals surface area (Å²) in [5.74, 6) is 1.61. The van der Waals surface area contributed by atoms with Gasteiger partial charge in [-0.3, -0.25) is 4.40 Å². The molecule has 0 saturated carbocycles. The summed E-state index contributed by atoms with van der Waals surface area (Å²) in [7, 11) is 0. The molecule has 2 amide bonds. The fraction of sp³-hybridized carbons (Fsp3) is 0.375. The van der Waals surface area contributed by atoms with Gasteiger partial charge in [0.1, 0.15) is 17.6 Å². The number of carbonyl (C=O) groups excluding carboxylic acids is 1. The number of fused-ring (bicyclic) bond motifs is 1. The Balaban J connectivity index is 1.36. The summed E-state index contributed by atoms with van der Waals surface area (Å²) < 4.78 is 13.3. The second-order valence-corrected chi connectivity index (χ2v) is 6.61. The molecule has 3 aromatic heterocycles. The average molecular weight is 346 g/mol. The number of rotatable bonds is 3. The molecule has 7 nitrogen and oxygen atoms in total. The lowest BCUT2D eigenvalue weighted by Gasteiger charge is -2.31. The molecule has 1 saturated heterocycles. The minimum absolute atomic E-state index is 0.108. The summed E-state index contributed by atoms with van der Waals surface area (Å²) in [5.41, 5.74) is 0.849. The fourth-order valence-electron chi connectivity index (χ4n) is 2.77. The van der Waals surface area contributed by atoms with Gasteiger partial charge in [0, 0.05) is 24.3 Å². The lowest BCUT2D eigenvalue weighted by Crippen LogP contribution is -2.46. The average Bonchev–Trinajstić information content (AvgIpc) is 3.28. The highest BCUT2D eigenvalue weighted by atomic mass is 32.1. The van der Waals surface area contributed by atoms with E-state index in [1.165, 1.54) is 0 Å². The van der Waals surface area contributed by atoms with Gasteiger partial charge >= 0.3 is 6.03 Å². The van der Waals surface area contributed by atoms with E-state index < -0.39 is 0 Å². The number of thiazole rings is 1. The van der Waals surface area contributed by atoms with Crippen molar-refractivity contribution in [3.8, 4) is 0 Å². The number of furan rings is 1. The summed E-state index contributed by atoms with van der Waals surface area (Å²) >= 11 is 1.57. The second-order valence-electron chi connectivity index (χ2n) is 5.74. The van der Waals surface area contributed by atoms with Gasteiger partial charge in [0.05, 0.1) is 25.4 Å². The number of amides is 2. The van der Waals surface area contributed by atoms with Crippen molar-refractivity contribution in [3.63, 3.8) is 0 Å². The molecule has 4 rings (SSSR count). The Morgan fingerprint density at radius 2 is 2.42 bits per heavy atom. The van der Waals surface area contributed by atoms with E-state index >= 15 is 0 Å². The largest absolute Gasteiger partial charge is 0.464 e. The van der Waals surface area contributed by atoms with Crippen LogP contribution >= 0.6 is 11.3 Å². The third-order valence-corrected chi connectivity index (χ3v) is 4.77. The monoisotopic (exact) mass is 346 g/mol.